The molecule has 1 aliphatic rings. The standard InChI is InChI=1S/C18H24N2O3/c1-3-22-17-14-16(20-9-11-21-12-10-20)18(23-4-2)13-15(17)19-7-5-6-8-19/h5-8,13-14H,3-4,9-12H2,1-2H3. The molecule has 1 aromatic heterocycles. The number of hydrogen-bond donors (Lipinski definition) is 0. The fourth-order valence-electron chi connectivity index (χ4n) is 2.83. The van der Waals surface area contributed by atoms with Gasteiger partial charge in [0.15, 0.2) is 0 Å². The second kappa shape index (κ2) is 7.42. The van der Waals surface area contributed by atoms with E-state index in [1.165, 1.54) is 0 Å². The SMILES string of the molecule is CCOc1cc(-n2cccc2)c(OCC)cc1N1CCOCC1. The summed E-state index contributed by atoms with van der Waals surface area (Å²) < 4.78 is 19.3. The Morgan fingerprint density at radius 1 is 0.913 bits per heavy atom. The van der Waals surface area contributed by atoms with Gasteiger partial charge in [-0.3, -0.25) is 0 Å². The van der Waals surface area contributed by atoms with Gasteiger partial charge in [-0.2, -0.15) is 0 Å². The Morgan fingerprint density at radius 3 is 2.09 bits per heavy atom. The van der Waals surface area contributed by atoms with E-state index in [0.29, 0.717) is 13.2 Å². The molecule has 1 saturated heterocycles. The molecule has 5 heteroatoms. The third-order valence-corrected chi connectivity index (χ3v) is 3.87. The van der Waals surface area contributed by atoms with Crippen molar-refractivity contribution in [2.24, 2.45) is 0 Å². The first kappa shape index (κ1) is 15.7. The molecular formula is C18H24N2O3. The van der Waals surface area contributed by atoms with Crippen molar-refractivity contribution in [2.45, 2.75) is 13.8 Å². The van der Waals surface area contributed by atoms with Crippen molar-refractivity contribution >= 4 is 5.69 Å². The van der Waals surface area contributed by atoms with Crippen molar-refractivity contribution in [2.75, 3.05) is 44.4 Å². The first-order chi connectivity index (χ1) is 11.3. The minimum atomic E-state index is 0.630. The van der Waals surface area contributed by atoms with E-state index in [1.54, 1.807) is 0 Å². The summed E-state index contributed by atoms with van der Waals surface area (Å²) in [6.45, 7) is 8.51. The van der Waals surface area contributed by atoms with E-state index in [4.69, 9.17) is 14.2 Å². The zero-order chi connectivity index (χ0) is 16.1. The summed E-state index contributed by atoms with van der Waals surface area (Å²) in [5.74, 6) is 1.76. The summed E-state index contributed by atoms with van der Waals surface area (Å²) in [7, 11) is 0. The highest BCUT2D eigenvalue weighted by molar-refractivity contribution is 5.68. The lowest BCUT2D eigenvalue weighted by atomic mass is 10.2. The van der Waals surface area contributed by atoms with Gasteiger partial charge in [0, 0.05) is 37.6 Å². The van der Waals surface area contributed by atoms with Crippen LogP contribution in [0, 0.1) is 0 Å². The van der Waals surface area contributed by atoms with E-state index >= 15 is 0 Å². The van der Waals surface area contributed by atoms with Gasteiger partial charge in [-0.15, -0.1) is 0 Å². The highest BCUT2D eigenvalue weighted by atomic mass is 16.5. The molecule has 3 rings (SSSR count). The van der Waals surface area contributed by atoms with E-state index in [0.717, 1.165) is 49.2 Å². The Kier molecular flexibility index (Phi) is 5.08. The zero-order valence-electron chi connectivity index (χ0n) is 13.8. The summed E-state index contributed by atoms with van der Waals surface area (Å²) >= 11 is 0. The Bertz CT molecular complexity index is 619. The summed E-state index contributed by atoms with van der Waals surface area (Å²) in [6.07, 6.45) is 4.03. The quantitative estimate of drug-likeness (QED) is 0.820. The summed E-state index contributed by atoms with van der Waals surface area (Å²) in [5, 5.41) is 0. The van der Waals surface area contributed by atoms with Crippen LogP contribution in [0.4, 0.5) is 5.69 Å². The Labute approximate surface area is 137 Å². The summed E-state index contributed by atoms with van der Waals surface area (Å²) in [4.78, 5) is 2.30. The lowest BCUT2D eigenvalue weighted by molar-refractivity contribution is 0.122. The van der Waals surface area contributed by atoms with E-state index in [2.05, 4.69) is 21.6 Å². The molecule has 1 fully saturated rings. The second-order valence-electron chi connectivity index (χ2n) is 5.34. The zero-order valence-corrected chi connectivity index (χ0v) is 13.8. The summed E-state index contributed by atoms with van der Waals surface area (Å²) in [6, 6.07) is 8.17. The maximum absolute atomic E-state index is 5.91. The molecule has 23 heavy (non-hydrogen) atoms. The number of nitrogens with zero attached hydrogens (tertiary/aromatic N) is 2. The number of rotatable bonds is 6. The Balaban J connectivity index is 2.05. The molecule has 0 aliphatic carbocycles. The van der Waals surface area contributed by atoms with Gasteiger partial charge in [-0.05, 0) is 26.0 Å². The van der Waals surface area contributed by atoms with Crippen LogP contribution < -0.4 is 14.4 Å². The van der Waals surface area contributed by atoms with Crippen LogP contribution in [0.2, 0.25) is 0 Å². The molecular weight excluding hydrogens is 292 g/mol. The molecule has 2 heterocycles. The van der Waals surface area contributed by atoms with Crippen molar-refractivity contribution in [1.82, 2.24) is 4.57 Å². The third-order valence-electron chi connectivity index (χ3n) is 3.87. The molecule has 124 valence electrons. The fourth-order valence-corrected chi connectivity index (χ4v) is 2.83. The largest absolute Gasteiger partial charge is 0.492 e. The average Bonchev–Trinajstić information content (AvgIpc) is 3.11. The second-order valence-corrected chi connectivity index (χ2v) is 5.34. The molecule has 0 N–H and O–H groups in total. The van der Waals surface area contributed by atoms with Gasteiger partial charge in [0.2, 0.25) is 0 Å². The van der Waals surface area contributed by atoms with Crippen LogP contribution in [0.5, 0.6) is 11.5 Å². The predicted molar refractivity (Wildman–Crippen MR) is 91.1 cm³/mol. The topological polar surface area (TPSA) is 35.9 Å². The first-order valence-electron chi connectivity index (χ1n) is 8.23. The van der Waals surface area contributed by atoms with Crippen LogP contribution in [0.1, 0.15) is 13.8 Å². The smallest absolute Gasteiger partial charge is 0.145 e. The number of aromatic nitrogens is 1. The van der Waals surface area contributed by atoms with Crippen LogP contribution in [0.3, 0.4) is 0 Å². The average molecular weight is 316 g/mol. The van der Waals surface area contributed by atoms with Gasteiger partial charge >= 0.3 is 0 Å². The molecule has 0 bridgehead atoms. The maximum atomic E-state index is 5.91. The molecule has 0 radical (unpaired) electrons. The lowest BCUT2D eigenvalue weighted by Crippen LogP contribution is -2.36. The molecule has 0 atom stereocenters. The van der Waals surface area contributed by atoms with E-state index in [9.17, 15) is 0 Å². The van der Waals surface area contributed by atoms with Crippen molar-refractivity contribution in [3.8, 4) is 17.2 Å². The number of morpholine rings is 1. The van der Waals surface area contributed by atoms with Crippen LogP contribution in [0.15, 0.2) is 36.7 Å². The molecule has 1 aromatic carbocycles. The van der Waals surface area contributed by atoms with Gasteiger partial charge in [0.05, 0.1) is 37.8 Å². The molecule has 2 aromatic rings. The van der Waals surface area contributed by atoms with Crippen LogP contribution in [-0.2, 0) is 4.74 Å². The normalized spacial score (nSPS) is 14.8. The lowest BCUT2D eigenvalue weighted by Gasteiger charge is -2.31. The monoisotopic (exact) mass is 316 g/mol. The fraction of sp³-hybridized carbons (Fsp3) is 0.444. The first-order valence-corrected chi connectivity index (χ1v) is 8.23. The summed E-state index contributed by atoms with van der Waals surface area (Å²) in [5.41, 5.74) is 2.08. The number of benzene rings is 1. The van der Waals surface area contributed by atoms with Crippen molar-refractivity contribution in [3.05, 3.63) is 36.7 Å². The van der Waals surface area contributed by atoms with E-state index < -0.39 is 0 Å². The molecule has 0 saturated carbocycles. The van der Waals surface area contributed by atoms with Gasteiger partial charge in [-0.25, -0.2) is 0 Å². The Morgan fingerprint density at radius 2 is 1.48 bits per heavy atom. The van der Waals surface area contributed by atoms with Crippen LogP contribution in [0.25, 0.3) is 5.69 Å². The number of ether oxygens (including phenoxy) is 3. The maximum Gasteiger partial charge on any atom is 0.145 e. The van der Waals surface area contributed by atoms with Gasteiger partial charge in [0.25, 0.3) is 0 Å². The van der Waals surface area contributed by atoms with Gasteiger partial charge in [0.1, 0.15) is 11.5 Å². The van der Waals surface area contributed by atoms with E-state index in [-0.39, 0.29) is 0 Å². The van der Waals surface area contributed by atoms with Gasteiger partial charge in [-0.1, -0.05) is 0 Å². The predicted octanol–water partition coefficient (Wildman–Crippen LogP) is 3.11. The van der Waals surface area contributed by atoms with Gasteiger partial charge < -0.3 is 23.7 Å². The minimum absolute atomic E-state index is 0.630. The highest BCUT2D eigenvalue weighted by Gasteiger charge is 2.19. The van der Waals surface area contributed by atoms with Crippen molar-refractivity contribution in [3.63, 3.8) is 0 Å². The van der Waals surface area contributed by atoms with E-state index in [1.807, 2.05) is 38.4 Å². The number of hydrogen-bond acceptors (Lipinski definition) is 4. The third kappa shape index (κ3) is 3.45. The number of anilines is 1. The molecule has 5 nitrogen and oxygen atoms in total. The molecule has 0 spiro atoms. The minimum Gasteiger partial charge on any atom is -0.492 e. The van der Waals surface area contributed by atoms with Crippen molar-refractivity contribution in [1.29, 1.82) is 0 Å². The highest BCUT2D eigenvalue weighted by Crippen LogP contribution is 2.38. The van der Waals surface area contributed by atoms with Crippen LogP contribution in [-0.4, -0.2) is 44.1 Å². The van der Waals surface area contributed by atoms with Crippen molar-refractivity contribution < 1.29 is 14.2 Å². The molecule has 1 aliphatic heterocycles. The Hall–Kier alpha value is -2.14. The molecule has 0 unspecified atom stereocenters. The molecule has 0 amide bonds. The van der Waals surface area contributed by atoms with Crippen LogP contribution >= 0.6 is 0 Å².